The third kappa shape index (κ3) is 2.68. The number of likely N-dealkylation sites (N-methyl/N-ethyl adjacent to an activating group) is 2. The quantitative estimate of drug-likeness (QED) is 0.861. The van der Waals surface area contributed by atoms with Crippen LogP contribution in [0.4, 0.5) is 5.82 Å². The van der Waals surface area contributed by atoms with Crippen LogP contribution in [0.15, 0.2) is 12.4 Å². The molecule has 2 N–H and O–H groups in total. The summed E-state index contributed by atoms with van der Waals surface area (Å²) in [5.74, 6) is 0.212. The molecule has 1 fully saturated rings. The molecule has 1 heterocycles. The normalized spacial score (nSPS) is 17.1. The van der Waals surface area contributed by atoms with Gasteiger partial charge in [0.1, 0.15) is 11.5 Å². The van der Waals surface area contributed by atoms with Crippen molar-refractivity contribution < 1.29 is 4.79 Å². The van der Waals surface area contributed by atoms with Crippen LogP contribution in [-0.2, 0) is 0 Å². The Morgan fingerprint density at radius 2 is 2.00 bits per heavy atom. The van der Waals surface area contributed by atoms with E-state index in [2.05, 4.69) is 29.0 Å². The maximum atomic E-state index is 12.3. The molecule has 0 unspecified atom stereocenters. The molecule has 1 aliphatic carbocycles. The molecule has 0 bridgehead atoms. The zero-order valence-electron chi connectivity index (χ0n) is 11.8. The number of nitrogen functional groups attached to an aromatic ring is 1. The van der Waals surface area contributed by atoms with E-state index in [1.165, 1.54) is 18.8 Å². The van der Waals surface area contributed by atoms with Gasteiger partial charge in [-0.2, -0.15) is 0 Å². The lowest BCUT2D eigenvalue weighted by Gasteiger charge is -2.49. The minimum absolute atomic E-state index is 0.111. The van der Waals surface area contributed by atoms with E-state index < -0.39 is 0 Å². The fourth-order valence-corrected chi connectivity index (χ4v) is 2.49. The van der Waals surface area contributed by atoms with Crippen LogP contribution in [0.1, 0.15) is 29.8 Å². The van der Waals surface area contributed by atoms with E-state index in [0.717, 1.165) is 12.8 Å². The van der Waals surface area contributed by atoms with Gasteiger partial charge in [-0.1, -0.05) is 0 Å². The second kappa shape index (κ2) is 5.13. The second-order valence-corrected chi connectivity index (χ2v) is 5.46. The summed E-state index contributed by atoms with van der Waals surface area (Å²) >= 11 is 0. The number of nitrogens with two attached hydrogens (primary N) is 1. The van der Waals surface area contributed by atoms with E-state index in [4.69, 9.17) is 5.73 Å². The molecule has 0 spiro atoms. The van der Waals surface area contributed by atoms with Gasteiger partial charge >= 0.3 is 0 Å². The number of carbonyl (C=O) groups is 1. The number of hydrogen-bond acceptors (Lipinski definition) is 5. The lowest BCUT2D eigenvalue weighted by molar-refractivity contribution is 0.0250. The van der Waals surface area contributed by atoms with Crippen LogP contribution in [0.5, 0.6) is 0 Å². The standard InChI is InChI=1S/C13H21N5O/c1-17(2)13(5-4-6-13)9-18(3)12(19)10-7-16-11(14)8-15-10/h7-8H,4-6,9H2,1-3H3,(H2,14,16). The maximum absolute atomic E-state index is 12.3. The molecule has 1 aromatic heterocycles. The number of carbonyl (C=O) groups excluding carboxylic acids is 1. The summed E-state index contributed by atoms with van der Waals surface area (Å²) < 4.78 is 0. The van der Waals surface area contributed by atoms with Crippen molar-refractivity contribution in [1.29, 1.82) is 0 Å². The molecule has 6 heteroatoms. The largest absolute Gasteiger partial charge is 0.382 e. The summed E-state index contributed by atoms with van der Waals surface area (Å²) in [6.07, 6.45) is 6.32. The van der Waals surface area contributed by atoms with Crippen LogP contribution in [0.2, 0.25) is 0 Å². The van der Waals surface area contributed by atoms with Gasteiger partial charge in [0.15, 0.2) is 0 Å². The molecule has 0 saturated heterocycles. The fourth-order valence-electron chi connectivity index (χ4n) is 2.49. The monoisotopic (exact) mass is 263 g/mol. The number of nitrogens with zero attached hydrogens (tertiary/aromatic N) is 4. The Kier molecular flexibility index (Phi) is 3.71. The van der Waals surface area contributed by atoms with Gasteiger partial charge in [-0.15, -0.1) is 0 Å². The Balaban J connectivity index is 2.05. The van der Waals surface area contributed by atoms with E-state index in [1.807, 2.05) is 7.05 Å². The number of amides is 1. The van der Waals surface area contributed by atoms with Gasteiger partial charge in [-0.05, 0) is 33.4 Å². The van der Waals surface area contributed by atoms with E-state index >= 15 is 0 Å². The van der Waals surface area contributed by atoms with Crippen molar-refractivity contribution in [2.24, 2.45) is 0 Å². The highest BCUT2D eigenvalue weighted by atomic mass is 16.2. The van der Waals surface area contributed by atoms with Crippen LogP contribution < -0.4 is 5.73 Å². The molecule has 0 radical (unpaired) electrons. The first-order chi connectivity index (χ1) is 8.94. The molecule has 19 heavy (non-hydrogen) atoms. The van der Waals surface area contributed by atoms with Gasteiger partial charge in [-0.25, -0.2) is 9.97 Å². The third-order valence-electron chi connectivity index (χ3n) is 4.00. The topological polar surface area (TPSA) is 75.3 Å². The first kappa shape index (κ1) is 13.7. The first-order valence-electron chi connectivity index (χ1n) is 6.45. The minimum atomic E-state index is -0.111. The van der Waals surface area contributed by atoms with E-state index in [1.54, 1.807) is 4.90 Å². The molecule has 1 aliphatic rings. The van der Waals surface area contributed by atoms with Crippen LogP contribution in [0.3, 0.4) is 0 Å². The molecule has 0 atom stereocenters. The summed E-state index contributed by atoms with van der Waals surface area (Å²) in [7, 11) is 5.95. The lowest BCUT2D eigenvalue weighted by atomic mass is 9.75. The van der Waals surface area contributed by atoms with Crippen molar-refractivity contribution >= 4 is 11.7 Å². The zero-order valence-corrected chi connectivity index (χ0v) is 11.8. The summed E-state index contributed by atoms with van der Waals surface area (Å²) in [6, 6.07) is 0. The van der Waals surface area contributed by atoms with Gasteiger partial charge in [0.25, 0.3) is 5.91 Å². The fraction of sp³-hybridized carbons (Fsp3) is 0.615. The SMILES string of the molecule is CN(CC1(N(C)C)CCC1)C(=O)c1cnc(N)cn1. The average Bonchev–Trinajstić information content (AvgIpc) is 2.33. The molecule has 1 aromatic rings. The van der Waals surface area contributed by atoms with E-state index in [-0.39, 0.29) is 11.4 Å². The van der Waals surface area contributed by atoms with Crippen molar-refractivity contribution in [1.82, 2.24) is 19.8 Å². The Hall–Kier alpha value is -1.69. The third-order valence-corrected chi connectivity index (χ3v) is 4.00. The van der Waals surface area contributed by atoms with Crippen LogP contribution in [0, 0.1) is 0 Å². The van der Waals surface area contributed by atoms with E-state index in [0.29, 0.717) is 18.1 Å². The molecule has 2 rings (SSSR count). The van der Waals surface area contributed by atoms with Gasteiger partial charge < -0.3 is 15.5 Å². The highest BCUT2D eigenvalue weighted by Gasteiger charge is 2.40. The van der Waals surface area contributed by atoms with Crippen LogP contribution in [0.25, 0.3) is 0 Å². The Labute approximate surface area is 113 Å². The Bertz CT molecular complexity index is 453. The maximum Gasteiger partial charge on any atom is 0.273 e. The summed E-state index contributed by atoms with van der Waals surface area (Å²) in [4.78, 5) is 24.1. The van der Waals surface area contributed by atoms with Crippen molar-refractivity contribution in [3.63, 3.8) is 0 Å². The molecule has 1 amide bonds. The van der Waals surface area contributed by atoms with Gasteiger partial charge in [0.2, 0.25) is 0 Å². The highest BCUT2D eigenvalue weighted by molar-refractivity contribution is 5.91. The van der Waals surface area contributed by atoms with Crippen molar-refractivity contribution in [3.8, 4) is 0 Å². The van der Waals surface area contributed by atoms with Gasteiger partial charge in [-0.3, -0.25) is 4.79 Å². The molecule has 0 aromatic carbocycles. The highest BCUT2D eigenvalue weighted by Crippen LogP contribution is 2.36. The van der Waals surface area contributed by atoms with E-state index in [9.17, 15) is 4.79 Å². The first-order valence-corrected chi connectivity index (χ1v) is 6.45. The van der Waals surface area contributed by atoms with Crippen molar-refractivity contribution in [3.05, 3.63) is 18.1 Å². The summed E-state index contributed by atoms with van der Waals surface area (Å²) in [5, 5.41) is 0. The molecular formula is C13H21N5O. The molecule has 6 nitrogen and oxygen atoms in total. The zero-order chi connectivity index (χ0) is 14.0. The Morgan fingerprint density at radius 3 is 2.42 bits per heavy atom. The lowest BCUT2D eigenvalue weighted by Crippen LogP contribution is -2.57. The Morgan fingerprint density at radius 1 is 1.32 bits per heavy atom. The number of anilines is 1. The predicted octanol–water partition coefficient (Wildman–Crippen LogP) is 0.615. The molecule has 0 aliphatic heterocycles. The number of rotatable bonds is 4. The van der Waals surface area contributed by atoms with Gasteiger partial charge in [0, 0.05) is 19.1 Å². The molecule has 104 valence electrons. The molecule has 1 saturated carbocycles. The smallest absolute Gasteiger partial charge is 0.273 e. The average molecular weight is 263 g/mol. The number of hydrogen-bond donors (Lipinski definition) is 1. The summed E-state index contributed by atoms with van der Waals surface area (Å²) in [5.41, 5.74) is 5.92. The predicted molar refractivity (Wildman–Crippen MR) is 73.7 cm³/mol. The second-order valence-electron chi connectivity index (χ2n) is 5.46. The number of aromatic nitrogens is 2. The van der Waals surface area contributed by atoms with Crippen molar-refractivity contribution in [2.75, 3.05) is 33.4 Å². The summed E-state index contributed by atoms with van der Waals surface area (Å²) in [6.45, 7) is 0.713. The van der Waals surface area contributed by atoms with Crippen LogP contribution in [-0.4, -0.2) is 58.9 Å². The van der Waals surface area contributed by atoms with Gasteiger partial charge in [0.05, 0.1) is 12.4 Å². The van der Waals surface area contributed by atoms with Crippen molar-refractivity contribution in [2.45, 2.75) is 24.8 Å². The molecular weight excluding hydrogens is 242 g/mol. The van der Waals surface area contributed by atoms with Crippen LogP contribution >= 0.6 is 0 Å². The minimum Gasteiger partial charge on any atom is -0.382 e.